The lowest BCUT2D eigenvalue weighted by atomic mass is 9.58. The average Bonchev–Trinajstić information content (AvgIpc) is 2.98. The highest BCUT2D eigenvalue weighted by Gasteiger charge is 2.69. The molecule has 2 bridgehead atoms. The van der Waals surface area contributed by atoms with Crippen LogP contribution in [-0.2, 0) is 19.2 Å². The van der Waals surface area contributed by atoms with Crippen LogP contribution in [0.4, 0.5) is 0 Å². The Morgan fingerprint density at radius 1 is 0.933 bits per heavy atom. The van der Waals surface area contributed by atoms with Crippen LogP contribution in [0.2, 0.25) is 0 Å². The van der Waals surface area contributed by atoms with Gasteiger partial charge in [0, 0.05) is 17.2 Å². The third kappa shape index (κ3) is 2.82. The first-order valence-corrected chi connectivity index (χ1v) is 12.2. The molecule has 0 aromatic heterocycles. The Morgan fingerprint density at radius 2 is 1.77 bits per heavy atom. The van der Waals surface area contributed by atoms with E-state index >= 15 is 0 Å². The van der Waals surface area contributed by atoms with Crippen molar-refractivity contribution in [2.75, 3.05) is 0 Å². The summed E-state index contributed by atoms with van der Waals surface area (Å²) in [6.07, 6.45) is 3.93. The van der Waals surface area contributed by atoms with Crippen LogP contribution >= 0.6 is 11.8 Å². The quantitative estimate of drug-likeness (QED) is 0.539. The number of fused-ring (bicyclic) bond motifs is 3. The van der Waals surface area contributed by atoms with Crippen molar-refractivity contribution in [1.29, 1.82) is 0 Å². The van der Waals surface area contributed by atoms with E-state index in [1.165, 1.54) is 22.1 Å². The molecule has 2 aromatic rings. The number of ether oxygens (including phenoxy) is 2. The lowest BCUT2D eigenvalue weighted by molar-refractivity contribution is -0.568. The first-order valence-electron chi connectivity index (χ1n) is 11.3. The molecule has 1 saturated carbocycles. The second-order valence-electron chi connectivity index (χ2n) is 9.90. The molecule has 8 atom stereocenters. The number of hydrogen-bond donors (Lipinski definition) is 0. The standard InChI is InChI=1S/C25H30O4S/c1-15-8-11-21-16(2)22(30-19-10-9-17-6-4-5-7-18(17)14-19)26-23-25(21)20(15)12-13-24(3,27-23)28-29-25/h4-7,9-10,14-16,20-23H,8,11-13H2,1-3H3/t15-,16-,20+,21+,22-,23-,24-,25-/m1/s1. The molecule has 2 aromatic carbocycles. The Balaban J connectivity index is 1.34. The zero-order chi connectivity index (χ0) is 20.5. The van der Waals surface area contributed by atoms with Crippen LogP contribution in [0.25, 0.3) is 10.8 Å². The number of hydrogen-bond acceptors (Lipinski definition) is 5. The van der Waals surface area contributed by atoms with Gasteiger partial charge in [-0.15, -0.1) is 0 Å². The molecule has 30 heavy (non-hydrogen) atoms. The number of rotatable bonds is 2. The highest BCUT2D eigenvalue weighted by atomic mass is 32.2. The molecule has 0 amide bonds. The van der Waals surface area contributed by atoms with Gasteiger partial charge in [0.2, 0.25) is 5.79 Å². The molecule has 4 nitrogen and oxygen atoms in total. The highest BCUT2D eigenvalue weighted by Crippen LogP contribution is 2.61. The van der Waals surface area contributed by atoms with Gasteiger partial charge in [-0.1, -0.05) is 55.9 Å². The van der Waals surface area contributed by atoms with E-state index in [9.17, 15) is 0 Å². The topological polar surface area (TPSA) is 36.9 Å². The van der Waals surface area contributed by atoms with Gasteiger partial charge in [0.15, 0.2) is 11.9 Å². The summed E-state index contributed by atoms with van der Waals surface area (Å²) < 4.78 is 13.2. The molecule has 0 N–H and O–H groups in total. The smallest absolute Gasteiger partial charge is 0.201 e. The molecule has 160 valence electrons. The summed E-state index contributed by atoms with van der Waals surface area (Å²) in [7, 11) is 0. The lowest BCUT2D eigenvalue weighted by Gasteiger charge is -2.60. The fourth-order valence-electron chi connectivity index (χ4n) is 6.38. The van der Waals surface area contributed by atoms with Gasteiger partial charge in [-0.25, -0.2) is 9.78 Å². The Hall–Kier alpha value is -1.11. The predicted octanol–water partition coefficient (Wildman–Crippen LogP) is 6.14. The molecule has 1 spiro atoms. The SMILES string of the molecule is C[C@H]1[C@@H](Sc2ccc3ccccc3c2)O[C@@H]2O[C@@]3(C)CC[C@H]4[C@H](C)CC[C@@H]1[C@@]24OO3. The van der Waals surface area contributed by atoms with Crippen molar-refractivity contribution in [2.45, 2.75) is 74.5 Å². The minimum Gasteiger partial charge on any atom is -0.335 e. The summed E-state index contributed by atoms with van der Waals surface area (Å²) in [6.45, 7) is 6.67. The molecule has 4 heterocycles. The zero-order valence-electron chi connectivity index (χ0n) is 17.9. The molecule has 5 aliphatic rings. The van der Waals surface area contributed by atoms with E-state index in [-0.39, 0.29) is 11.7 Å². The Labute approximate surface area is 182 Å². The first-order chi connectivity index (χ1) is 14.5. The van der Waals surface area contributed by atoms with E-state index in [1.54, 1.807) is 0 Å². The maximum atomic E-state index is 6.71. The Bertz CT molecular complexity index is 965. The molecule has 0 radical (unpaired) electrons. The summed E-state index contributed by atoms with van der Waals surface area (Å²) in [5, 5.41) is 2.54. The third-order valence-electron chi connectivity index (χ3n) is 8.07. The minimum absolute atomic E-state index is 0.0346. The molecular formula is C25H30O4S. The van der Waals surface area contributed by atoms with Gasteiger partial charge in [-0.05, 0) is 66.8 Å². The summed E-state index contributed by atoms with van der Waals surface area (Å²) in [6, 6.07) is 15.2. The zero-order valence-corrected chi connectivity index (χ0v) is 18.7. The maximum Gasteiger partial charge on any atom is 0.201 e. The fraction of sp³-hybridized carbons (Fsp3) is 0.600. The van der Waals surface area contributed by atoms with Gasteiger partial charge in [0.1, 0.15) is 5.44 Å². The second kappa shape index (κ2) is 6.94. The molecule has 4 aliphatic heterocycles. The molecule has 4 saturated heterocycles. The summed E-state index contributed by atoms with van der Waals surface area (Å²) in [4.78, 5) is 13.4. The fourth-order valence-corrected chi connectivity index (χ4v) is 7.55. The Morgan fingerprint density at radius 3 is 2.63 bits per heavy atom. The third-order valence-corrected chi connectivity index (χ3v) is 9.37. The van der Waals surface area contributed by atoms with Crippen molar-refractivity contribution in [3.8, 4) is 0 Å². The monoisotopic (exact) mass is 426 g/mol. The highest BCUT2D eigenvalue weighted by molar-refractivity contribution is 7.99. The van der Waals surface area contributed by atoms with Gasteiger partial charge in [-0.2, -0.15) is 0 Å². The van der Waals surface area contributed by atoms with Crippen LogP contribution in [0.3, 0.4) is 0 Å². The van der Waals surface area contributed by atoms with Crippen LogP contribution in [0.5, 0.6) is 0 Å². The van der Waals surface area contributed by atoms with Crippen LogP contribution in [0, 0.1) is 23.7 Å². The normalized spacial score (nSPS) is 45.2. The summed E-state index contributed by atoms with van der Waals surface area (Å²) >= 11 is 1.82. The number of thioether (sulfide) groups is 1. The van der Waals surface area contributed by atoms with Crippen molar-refractivity contribution in [2.24, 2.45) is 23.7 Å². The van der Waals surface area contributed by atoms with Crippen LogP contribution < -0.4 is 0 Å². The molecule has 0 unspecified atom stereocenters. The Kier molecular flexibility index (Phi) is 4.53. The molecule has 1 aliphatic carbocycles. The van der Waals surface area contributed by atoms with Gasteiger partial charge in [0.05, 0.1) is 0 Å². The van der Waals surface area contributed by atoms with Gasteiger partial charge in [0.25, 0.3) is 0 Å². The summed E-state index contributed by atoms with van der Waals surface area (Å²) in [5.41, 5.74) is -0.444. The van der Waals surface area contributed by atoms with Crippen molar-refractivity contribution in [3.05, 3.63) is 42.5 Å². The molecule has 5 heteroatoms. The van der Waals surface area contributed by atoms with Gasteiger partial charge >= 0.3 is 0 Å². The van der Waals surface area contributed by atoms with Gasteiger partial charge in [-0.3, -0.25) is 0 Å². The summed E-state index contributed by atoms with van der Waals surface area (Å²) in [5.74, 6) is 1.02. The minimum atomic E-state index is -0.712. The van der Waals surface area contributed by atoms with E-state index in [2.05, 4.69) is 56.3 Å². The van der Waals surface area contributed by atoms with E-state index in [4.69, 9.17) is 19.2 Å². The van der Waals surface area contributed by atoms with Crippen molar-refractivity contribution in [3.63, 3.8) is 0 Å². The first kappa shape index (κ1) is 19.6. The van der Waals surface area contributed by atoms with Crippen LogP contribution in [0.15, 0.2) is 47.4 Å². The number of benzene rings is 2. The molecule has 7 rings (SSSR count). The van der Waals surface area contributed by atoms with E-state index in [0.29, 0.717) is 23.7 Å². The van der Waals surface area contributed by atoms with Gasteiger partial charge < -0.3 is 9.47 Å². The van der Waals surface area contributed by atoms with Crippen LogP contribution in [-0.4, -0.2) is 23.1 Å². The largest absolute Gasteiger partial charge is 0.335 e. The van der Waals surface area contributed by atoms with Crippen molar-refractivity contribution < 1.29 is 19.2 Å². The van der Waals surface area contributed by atoms with E-state index in [1.807, 2.05) is 18.7 Å². The van der Waals surface area contributed by atoms with Crippen molar-refractivity contribution >= 4 is 22.5 Å². The maximum absolute atomic E-state index is 6.71. The van der Waals surface area contributed by atoms with Crippen LogP contribution in [0.1, 0.15) is 46.5 Å². The lowest BCUT2D eigenvalue weighted by Crippen LogP contribution is -2.70. The van der Waals surface area contributed by atoms with E-state index < -0.39 is 11.4 Å². The second-order valence-corrected chi connectivity index (χ2v) is 11.1. The average molecular weight is 427 g/mol. The predicted molar refractivity (Wildman–Crippen MR) is 117 cm³/mol. The van der Waals surface area contributed by atoms with Crippen molar-refractivity contribution in [1.82, 2.24) is 0 Å². The van der Waals surface area contributed by atoms with E-state index in [0.717, 1.165) is 19.3 Å². The molecule has 5 fully saturated rings. The molecular weight excluding hydrogens is 396 g/mol.